The molecule has 1 aromatic rings. The summed E-state index contributed by atoms with van der Waals surface area (Å²) in [6.45, 7) is 4.87. The van der Waals surface area contributed by atoms with Gasteiger partial charge in [0.2, 0.25) is 0 Å². The second-order valence-corrected chi connectivity index (χ2v) is 7.45. The lowest BCUT2D eigenvalue weighted by molar-refractivity contribution is 0.213. The third kappa shape index (κ3) is 4.77. The Balaban J connectivity index is 1.38. The van der Waals surface area contributed by atoms with Crippen molar-refractivity contribution < 1.29 is 4.79 Å². The van der Waals surface area contributed by atoms with Gasteiger partial charge >= 0.3 is 6.03 Å². The van der Waals surface area contributed by atoms with Gasteiger partial charge in [-0.05, 0) is 69.6 Å². The van der Waals surface area contributed by atoms with Crippen LogP contribution in [0.3, 0.4) is 0 Å². The number of rotatable bonds is 4. The van der Waals surface area contributed by atoms with Gasteiger partial charge in [-0.1, -0.05) is 11.6 Å². The largest absolute Gasteiger partial charge is 0.371 e. The predicted octanol–water partition coefficient (Wildman–Crippen LogP) is 2.56. The molecule has 0 aliphatic carbocycles. The molecule has 2 saturated heterocycles. The number of benzene rings is 1. The quantitative estimate of drug-likeness (QED) is 0.877. The average molecular weight is 351 g/mol. The van der Waals surface area contributed by atoms with Crippen LogP contribution in [0.25, 0.3) is 0 Å². The number of urea groups is 1. The highest BCUT2D eigenvalue weighted by Gasteiger charge is 2.24. The molecule has 2 aliphatic heterocycles. The second-order valence-electron chi connectivity index (χ2n) is 7.01. The van der Waals surface area contributed by atoms with Crippen LogP contribution in [0.2, 0.25) is 5.02 Å². The molecule has 2 heterocycles. The van der Waals surface area contributed by atoms with Crippen LogP contribution in [0.5, 0.6) is 0 Å². The van der Waals surface area contributed by atoms with Gasteiger partial charge in [-0.15, -0.1) is 0 Å². The highest BCUT2D eigenvalue weighted by Crippen LogP contribution is 2.24. The van der Waals surface area contributed by atoms with Crippen LogP contribution in [0.4, 0.5) is 10.5 Å². The van der Waals surface area contributed by atoms with E-state index in [1.54, 1.807) is 0 Å². The Hall–Kier alpha value is -1.46. The third-order valence-corrected chi connectivity index (χ3v) is 5.33. The van der Waals surface area contributed by atoms with E-state index in [9.17, 15) is 4.79 Å². The van der Waals surface area contributed by atoms with E-state index < -0.39 is 0 Å². The van der Waals surface area contributed by atoms with Crippen LogP contribution < -0.4 is 15.5 Å². The lowest BCUT2D eigenvalue weighted by Gasteiger charge is -2.29. The number of halogens is 1. The molecule has 0 aromatic heterocycles. The van der Waals surface area contributed by atoms with E-state index in [0.717, 1.165) is 57.0 Å². The Labute approximate surface area is 149 Å². The van der Waals surface area contributed by atoms with Crippen molar-refractivity contribution in [2.45, 2.75) is 25.3 Å². The van der Waals surface area contributed by atoms with E-state index in [2.05, 4.69) is 39.6 Å². The first-order chi connectivity index (χ1) is 11.6. The first-order valence-corrected chi connectivity index (χ1v) is 9.21. The third-order valence-electron chi connectivity index (χ3n) is 5.08. The fraction of sp³-hybridized carbons (Fsp3) is 0.611. The fourth-order valence-electron chi connectivity index (χ4n) is 3.51. The molecule has 0 bridgehead atoms. The molecule has 0 spiro atoms. The number of piperidine rings is 1. The molecular weight excluding hydrogens is 324 g/mol. The maximum absolute atomic E-state index is 12.1. The summed E-state index contributed by atoms with van der Waals surface area (Å²) in [6.07, 6.45) is 3.19. The van der Waals surface area contributed by atoms with Crippen LogP contribution in [0.1, 0.15) is 19.3 Å². The number of hydrogen-bond acceptors (Lipinski definition) is 3. The number of nitrogens with zero attached hydrogens (tertiary/aromatic N) is 2. The van der Waals surface area contributed by atoms with Crippen LogP contribution in [0.15, 0.2) is 24.3 Å². The smallest absolute Gasteiger partial charge is 0.315 e. The Morgan fingerprint density at radius 1 is 1.17 bits per heavy atom. The van der Waals surface area contributed by atoms with Crippen molar-refractivity contribution in [1.82, 2.24) is 15.5 Å². The highest BCUT2D eigenvalue weighted by molar-refractivity contribution is 6.30. The molecule has 0 radical (unpaired) electrons. The number of amides is 2. The Kier molecular flexibility index (Phi) is 5.85. The lowest BCUT2D eigenvalue weighted by atomic mass is 10.1. The number of hydrogen-bond donors (Lipinski definition) is 2. The molecule has 24 heavy (non-hydrogen) atoms. The zero-order valence-electron chi connectivity index (χ0n) is 14.3. The summed E-state index contributed by atoms with van der Waals surface area (Å²) in [7, 11) is 2.13. The number of anilines is 1. The van der Waals surface area contributed by atoms with Crippen molar-refractivity contribution in [2.24, 2.45) is 5.92 Å². The lowest BCUT2D eigenvalue weighted by Crippen LogP contribution is -2.48. The van der Waals surface area contributed by atoms with Crippen LogP contribution in [-0.2, 0) is 0 Å². The van der Waals surface area contributed by atoms with Gasteiger partial charge in [-0.2, -0.15) is 0 Å². The highest BCUT2D eigenvalue weighted by atomic mass is 35.5. The summed E-state index contributed by atoms with van der Waals surface area (Å²) in [4.78, 5) is 16.7. The van der Waals surface area contributed by atoms with Gasteiger partial charge in [0.05, 0.1) is 0 Å². The van der Waals surface area contributed by atoms with Gasteiger partial charge in [0.1, 0.15) is 0 Å². The van der Waals surface area contributed by atoms with Crippen molar-refractivity contribution >= 4 is 23.3 Å². The standard InChI is InChI=1S/C18H27ClN4O/c1-22-9-7-16(8-10-22)21-18(24)20-12-14-6-11-23(13-14)17-4-2-15(19)3-5-17/h2-5,14,16H,6-13H2,1H3,(H2,20,21,24)/t14-/m0/s1. The number of carbonyl (C=O) groups is 1. The summed E-state index contributed by atoms with van der Waals surface area (Å²) in [6, 6.07) is 8.27. The summed E-state index contributed by atoms with van der Waals surface area (Å²) in [5, 5.41) is 6.93. The first-order valence-electron chi connectivity index (χ1n) is 8.83. The molecule has 3 rings (SSSR count). The Bertz CT molecular complexity index is 542. The van der Waals surface area contributed by atoms with E-state index in [1.165, 1.54) is 5.69 Å². The fourth-order valence-corrected chi connectivity index (χ4v) is 3.64. The van der Waals surface area contributed by atoms with Gasteiger partial charge in [0, 0.05) is 36.4 Å². The van der Waals surface area contributed by atoms with E-state index in [0.29, 0.717) is 12.0 Å². The summed E-state index contributed by atoms with van der Waals surface area (Å²) in [5.74, 6) is 0.504. The zero-order valence-corrected chi connectivity index (χ0v) is 15.1. The van der Waals surface area contributed by atoms with E-state index in [-0.39, 0.29) is 6.03 Å². The summed E-state index contributed by atoms with van der Waals surface area (Å²) in [5.41, 5.74) is 1.21. The number of likely N-dealkylation sites (tertiary alicyclic amines) is 1. The van der Waals surface area contributed by atoms with Crippen LogP contribution in [-0.4, -0.2) is 56.7 Å². The van der Waals surface area contributed by atoms with Crippen molar-refractivity contribution in [3.05, 3.63) is 29.3 Å². The van der Waals surface area contributed by atoms with Gasteiger partial charge in [0.25, 0.3) is 0 Å². The van der Waals surface area contributed by atoms with Crippen molar-refractivity contribution in [2.75, 3.05) is 44.7 Å². The molecule has 0 unspecified atom stereocenters. The molecule has 2 aliphatic rings. The monoisotopic (exact) mass is 350 g/mol. The van der Waals surface area contributed by atoms with Gasteiger partial charge in [-0.3, -0.25) is 0 Å². The summed E-state index contributed by atoms with van der Waals surface area (Å²) < 4.78 is 0. The molecular formula is C18H27ClN4O. The molecule has 2 N–H and O–H groups in total. The van der Waals surface area contributed by atoms with E-state index in [1.807, 2.05) is 12.1 Å². The maximum atomic E-state index is 12.1. The molecule has 6 heteroatoms. The Morgan fingerprint density at radius 2 is 1.88 bits per heavy atom. The molecule has 1 aromatic carbocycles. The van der Waals surface area contributed by atoms with E-state index in [4.69, 9.17) is 11.6 Å². The molecule has 0 saturated carbocycles. The van der Waals surface area contributed by atoms with Gasteiger partial charge < -0.3 is 20.4 Å². The topological polar surface area (TPSA) is 47.6 Å². The van der Waals surface area contributed by atoms with E-state index >= 15 is 0 Å². The van der Waals surface area contributed by atoms with Gasteiger partial charge in [0.15, 0.2) is 0 Å². The summed E-state index contributed by atoms with van der Waals surface area (Å²) >= 11 is 5.94. The minimum atomic E-state index is -0.0190. The SMILES string of the molecule is CN1CCC(NC(=O)NC[C@@H]2CCN(c3ccc(Cl)cc3)C2)CC1. The minimum Gasteiger partial charge on any atom is -0.371 e. The molecule has 2 fully saturated rings. The van der Waals surface area contributed by atoms with Gasteiger partial charge in [-0.25, -0.2) is 4.79 Å². The second kappa shape index (κ2) is 8.08. The molecule has 5 nitrogen and oxygen atoms in total. The number of nitrogens with one attached hydrogen (secondary N) is 2. The van der Waals surface area contributed by atoms with Crippen molar-refractivity contribution in [3.63, 3.8) is 0 Å². The Morgan fingerprint density at radius 3 is 2.58 bits per heavy atom. The van der Waals surface area contributed by atoms with Crippen molar-refractivity contribution in [3.8, 4) is 0 Å². The average Bonchev–Trinajstić information content (AvgIpc) is 3.05. The predicted molar refractivity (Wildman–Crippen MR) is 98.8 cm³/mol. The van der Waals surface area contributed by atoms with Crippen molar-refractivity contribution in [1.29, 1.82) is 0 Å². The molecule has 132 valence electrons. The minimum absolute atomic E-state index is 0.0190. The number of carbonyl (C=O) groups excluding carboxylic acids is 1. The zero-order chi connectivity index (χ0) is 16.9. The normalized spacial score (nSPS) is 22.6. The molecule has 2 amide bonds. The first kappa shape index (κ1) is 17.4. The van der Waals surface area contributed by atoms with Crippen LogP contribution in [0, 0.1) is 5.92 Å². The maximum Gasteiger partial charge on any atom is 0.315 e. The molecule has 1 atom stereocenters. The van der Waals surface area contributed by atoms with Crippen LogP contribution >= 0.6 is 11.6 Å².